The summed E-state index contributed by atoms with van der Waals surface area (Å²) in [5.41, 5.74) is 8.43. The van der Waals surface area contributed by atoms with Gasteiger partial charge in [0, 0.05) is 24.6 Å². The van der Waals surface area contributed by atoms with Crippen molar-refractivity contribution in [1.82, 2.24) is 5.32 Å². The van der Waals surface area contributed by atoms with Crippen LogP contribution >= 0.6 is 0 Å². The second kappa shape index (κ2) is 6.80. The molecule has 1 heterocycles. The zero-order valence-electron chi connectivity index (χ0n) is 13.9. The van der Waals surface area contributed by atoms with Gasteiger partial charge in [-0.3, -0.25) is 0 Å². The van der Waals surface area contributed by atoms with Crippen LogP contribution in [0.2, 0.25) is 0 Å². The Morgan fingerprint density at radius 1 is 1.29 bits per heavy atom. The molecule has 0 bridgehead atoms. The van der Waals surface area contributed by atoms with Crippen LogP contribution in [0.15, 0.2) is 18.2 Å². The minimum atomic E-state index is -0.104. The van der Waals surface area contributed by atoms with Crippen molar-refractivity contribution in [2.75, 3.05) is 13.1 Å². The fraction of sp³-hybridized carbons (Fsp3) is 0.667. The number of ether oxygens (including phenoxy) is 1. The van der Waals surface area contributed by atoms with Crippen LogP contribution in [0.1, 0.15) is 57.7 Å². The lowest BCUT2D eigenvalue weighted by Gasteiger charge is -2.24. The third-order valence-electron chi connectivity index (χ3n) is 4.54. The Labute approximate surface area is 129 Å². The highest BCUT2D eigenvalue weighted by Gasteiger charge is 2.32. The van der Waals surface area contributed by atoms with Gasteiger partial charge in [0.25, 0.3) is 0 Å². The van der Waals surface area contributed by atoms with Gasteiger partial charge in [-0.2, -0.15) is 0 Å². The lowest BCUT2D eigenvalue weighted by Crippen LogP contribution is -2.32. The van der Waals surface area contributed by atoms with Gasteiger partial charge < -0.3 is 15.8 Å². The number of hydrogen-bond acceptors (Lipinski definition) is 3. The van der Waals surface area contributed by atoms with E-state index in [4.69, 9.17) is 10.5 Å². The van der Waals surface area contributed by atoms with Crippen molar-refractivity contribution in [2.24, 2.45) is 11.7 Å². The molecule has 0 saturated carbocycles. The molecule has 1 aromatic rings. The van der Waals surface area contributed by atoms with Gasteiger partial charge in [-0.15, -0.1) is 0 Å². The molecule has 1 unspecified atom stereocenters. The van der Waals surface area contributed by atoms with E-state index in [9.17, 15) is 0 Å². The summed E-state index contributed by atoms with van der Waals surface area (Å²) in [7, 11) is 0. The number of hydrogen-bond donors (Lipinski definition) is 2. The average molecular weight is 290 g/mol. The molecule has 0 aromatic heterocycles. The van der Waals surface area contributed by atoms with Crippen LogP contribution in [0.3, 0.4) is 0 Å². The minimum absolute atomic E-state index is 0.104. The summed E-state index contributed by atoms with van der Waals surface area (Å²) in [6.07, 6.45) is 3.38. The van der Waals surface area contributed by atoms with Crippen LogP contribution in [-0.4, -0.2) is 18.7 Å². The molecule has 0 amide bonds. The first-order valence-electron chi connectivity index (χ1n) is 8.25. The van der Waals surface area contributed by atoms with Gasteiger partial charge in [0.15, 0.2) is 0 Å². The Morgan fingerprint density at radius 2 is 2.00 bits per heavy atom. The van der Waals surface area contributed by atoms with E-state index >= 15 is 0 Å². The highest BCUT2D eigenvalue weighted by atomic mass is 16.5. The smallest absolute Gasteiger partial charge is 0.128 e. The maximum absolute atomic E-state index is 6.17. The number of benzene rings is 1. The Bertz CT molecular complexity index is 466. The molecular weight excluding hydrogens is 260 g/mol. The summed E-state index contributed by atoms with van der Waals surface area (Å²) in [5, 5.41) is 3.64. The number of fused-ring (bicyclic) bond motifs is 1. The molecule has 0 saturated heterocycles. The first-order valence-corrected chi connectivity index (χ1v) is 8.25. The molecule has 0 fully saturated rings. The van der Waals surface area contributed by atoms with Crippen molar-refractivity contribution in [3.05, 3.63) is 29.3 Å². The van der Waals surface area contributed by atoms with Crippen molar-refractivity contribution >= 4 is 0 Å². The lowest BCUT2D eigenvalue weighted by atomic mass is 9.97. The fourth-order valence-electron chi connectivity index (χ4n) is 3.12. The van der Waals surface area contributed by atoms with Gasteiger partial charge in [0.1, 0.15) is 11.4 Å². The topological polar surface area (TPSA) is 47.3 Å². The van der Waals surface area contributed by atoms with E-state index in [0.29, 0.717) is 12.5 Å². The van der Waals surface area contributed by atoms with Crippen LogP contribution < -0.4 is 15.8 Å². The first kappa shape index (κ1) is 16.3. The molecule has 1 aromatic carbocycles. The van der Waals surface area contributed by atoms with Crippen molar-refractivity contribution in [1.29, 1.82) is 0 Å². The summed E-state index contributed by atoms with van der Waals surface area (Å²) in [6.45, 7) is 10.4. The molecule has 3 heteroatoms. The fourth-order valence-corrected chi connectivity index (χ4v) is 3.12. The molecule has 118 valence electrons. The van der Waals surface area contributed by atoms with Gasteiger partial charge in [0.05, 0.1) is 0 Å². The molecule has 2 rings (SSSR count). The Morgan fingerprint density at radius 3 is 2.62 bits per heavy atom. The lowest BCUT2D eigenvalue weighted by molar-refractivity contribution is 0.136. The Kier molecular flexibility index (Phi) is 5.28. The van der Waals surface area contributed by atoms with Gasteiger partial charge in [-0.05, 0) is 31.9 Å². The largest absolute Gasteiger partial charge is 0.487 e. The van der Waals surface area contributed by atoms with E-state index in [0.717, 1.165) is 18.7 Å². The van der Waals surface area contributed by atoms with Crippen LogP contribution in [0.25, 0.3) is 0 Å². The van der Waals surface area contributed by atoms with Crippen LogP contribution in [0.4, 0.5) is 0 Å². The van der Waals surface area contributed by atoms with Crippen LogP contribution in [0, 0.1) is 5.92 Å². The maximum Gasteiger partial charge on any atom is 0.128 e. The molecule has 1 aliphatic rings. The van der Waals surface area contributed by atoms with Crippen molar-refractivity contribution < 1.29 is 4.74 Å². The number of nitrogens with one attached hydrogen (secondary N) is 1. The SMILES string of the molecule is CCC(CC)CNC(CN)c1cccc2c1OC(C)(C)C2. The predicted molar refractivity (Wildman–Crippen MR) is 88.7 cm³/mol. The molecule has 0 aliphatic carbocycles. The van der Waals surface area contributed by atoms with Gasteiger partial charge in [0.2, 0.25) is 0 Å². The van der Waals surface area contributed by atoms with Crippen LogP contribution in [0.5, 0.6) is 5.75 Å². The predicted octanol–water partition coefficient (Wildman–Crippen LogP) is 3.43. The molecule has 0 radical (unpaired) electrons. The van der Waals surface area contributed by atoms with Crippen LogP contribution in [-0.2, 0) is 6.42 Å². The van der Waals surface area contributed by atoms with Crippen molar-refractivity contribution in [2.45, 2.75) is 58.6 Å². The first-order chi connectivity index (χ1) is 10.0. The zero-order valence-corrected chi connectivity index (χ0v) is 13.9. The van der Waals surface area contributed by atoms with E-state index in [1.165, 1.54) is 24.0 Å². The summed E-state index contributed by atoms with van der Waals surface area (Å²) in [6, 6.07) is 6.62. The highest BCUT2D eigenvalue weighted by Crippen LogP contribution is 2.39. The van der Waals surface area contributed by atoms with Crippen molar-refractivity contribution in [3.8, 4) is 5.75 Å². The van der Waals surface area contributed by atoms with Gasteiger partial charge in [-0.25, -0.2) is 0 Å². The molecule has 1 aliphatic heterocycles. The molecular formula is C18H30N2O. The highest BCUT2D eigenvalue weighted by molar-refractivity contribution is 5.47. The third kappa shape index (κ3) is 3.78. The molecule has 3 nitrogen and oxygen atoms in total. The average Bonchev–Trinajstić information content (AvgIpc) is 2.78. The van der Waals surface area contributed by atoms with E-state index in [2.05, 4.69) is 51.2 Å². The molecule has 0 spiro atoms. The molecule has 21 heavy (non-hydrogen) atoms. The van der Waals surface area contributed by atoms with E-state index in [1.807, 2.05) is 0 Å². The Balaban J connectivity index is 2.15. The number of para-hydroxylation sites is 1. The second-order valence-electron chi connectivity index (χ2n) is 6.75. The van der Waals surface area contributed by atoms with E-state index < -0.39 is 0 Å². The summed E-state index contributed by atoms with van der Waals surface area (Å²) in [5.74, 6) is 1.77. The second-order valence-corrected chi connectivity index (χ2v) is 6.75. The Hall–Kier alpha value is -1.06. The van der Waals surface area contributed by atoms with Gasteiger partial charge in [-0.1, -0.05) is 44.9 Å². The van der Waals surface area contributed by atoms with E-state index in [1.54, 1.807) is 0 Å². The van der Waals surface area contributed by atoms with E-state index in [-0.39, 0.29) is 11.6 Å². The van der Waals surface area contributed by atoms with Gasteiger partial charge >= 0.3 is 0 Å². The monoisotopic (exact) mass is 290 g/mol. The summed E-state index contributed by atoms with van der Waals surface area (Å²) in [4.78, 5) is 0. The number of nitrogens with two attached hydrogens (primary N) is 1. The standard InChI is InChI=1S/C18H30N2O/c1-5-13(6-2)12-20-16(11-19)15-9-7-8-14-10-18(3,4)21-17(14)15/h7-9,13,16,20H,5-6,10-12,19H2,1-4H3. The molecule has 1 atom stereocenters. The minimum Gasteiger partial charge on any atom is -0.487 e. The summed E-state index contributed by atoms with van der Waals surface area (Å²) < 4.78 is 6.17. The summed E-state index contributed by atoms with van der Waals surface area (Å²) >= 11 is 0. The quantitative estimate of drug-likeness (QED) is 0.809. The third-order valence-corrected chi connectivity index (χ3v) is 4.54. The molecule has 3 N–H and O–H groups in total. The maximum atomic E-state index is 6.17. The number of rotatable bonds is 7. The zero-order chi connectivity index (χ0) is 15.5. The van der Waals surface area contributed by atoms with Crippen molar-refractivity contribution in [3.63, 3.8) is 0 Å². The normalized spacial score (nSPS) is 17.6.